The van der Waals surface area contributed by atoms with Crippen LogP contribution in [0.2, 0.25) is 0 Å². The zero-order chi connectivity index (χ0) is 21.8. The van der Waals surface area contributed by atoms with Gasteiger partial charge in [-0.05, 0) is 38.1 Å². The van der Waals surface area contributed by atoms with Crippen LogP contribution >= 0.6 is 24.0 Å². The van der Waals surface area contributed by atoms with Crippen LogP contribution in [0.1, 0.15) is 13.8 Å². The van der Waals surface area contributed by atoms with Gasteiger partial charge in [0.2, 0.25) is 10.0 Å². The predicted molar refractivity (Wildman–Crippen MR) is 132 cm³/mol. The number of rotatable bonds is 11. The average Bonchev–Trinajstić information content (AvgIpc) is 2.76. The molecule has 172 valence electrons. The molecular weight excluding hydrogens is 533 g/mol. The highest BCUT2D eigenvalue weighted by Gasteiger charge is 2.13. The maximum absolute atomic E-state index is 12.2. The van der Waals surface area contributed by atoms with Crippen LogP contribution in [0, 0.1) is 0 Å². The van der Waals surface area contributed by atoms with Crippen LogP contribution in [0.5, 0.6) is 11.5 Å². The van der Waals surface area contributed by atoms with Gasteiger partial charge in [0.1, 0.15) is 11.0 Å². The number of sulfonamides is 1. The van der Waals surface area contributed by atoms with Crippen molar-refractivity contribution in [3.8, 4) is 11.5 Å². The molecule has 2 aromatic rings. The molecule has 0 amide bonds. The van der Waals surface area contributed by atoms with Crippen LogP contribution in [0.15, 0.2) is 58.7 Å². The van der Waals surface area contributed by atoms with Crippen LogP contribution < -0.4 is 24.8 Å². The molecule has 31 heavy (non-hydrogen) atoms. The first-order valence-corrected chi connectivity index (χ1v) is 11.2. The fourth-order valence-electron chi connectivity index (χ4n) is 2.49. The lowest BCUT2D eigenvalue weighted by atomic mass is 10.3. The molecule has 0 spiro atoms. The summed E-state index contributed by atoms with van der Waals surface area (Å²) in [4.78, 5) is 8.46. The molecule has 2 rings (SSSR count). The molecule has 0 aliphatic heterocycles. The number of hydrogen-bond donors (Lipinski definition) is 3. The van der Waals surface area contributed by atoms with Crippen molar-refractivity contribution >= 4 is 40.0 Å². The molecule has 1 aromatic heterocycles. The van der Waals surface area contributed by atoms with Crippen molar-refractivity contribution in [1.82, 2.24) is 20.3 Å². The summed E-state index contributed by atoms with van der Waals surface area (Å²) < 4.78 is 38.1. The van der Waals surface area contributed by atoms with Gasteiger partial charge < -0.3 is 20.1 Å². The monoisotopic (exact) mass is 563 g/mol. The molecular formula is C20H30IN5O4S. The number of benzene rings is 1. The largest absolute Gasteiger partial charge is 0.493 e. The van der Waals surface area contributed by atoms with E-state index in [1.54, 1.807) is 13.2 Å². The Bertz CT molecular complexity index is 913. The molecule has 0 fully saturated rings. The highest BCUT2D eigenvalue weighted by atomic mass is 127. The van der Waals surface area contributed by atoms with Crippen LogP contribution in [-0.4, -0.2) is 58.8 Å². The number of pyridine rings is 1. The zero-order valence-corrected chi connectivity index (χ0v) is 21.0. The summed E-state index contributed by atoms with van der Waals surface area (Å²) in [5.74, 6) is 1.90. The average molecular weight is 563 g/mol. The number of nitrogens with zero attached hydrogens (tertiary/aromatic N) is 2. The first-order valence-electron chi connectivity index (χ1n) is 9.67. The second-order valence-electron chi connectivity index (χ2n) is 6.31. The summed E-state index contributed by atoms with van der Waals surface area (Å²) in [5.41, 5.74) is 0. The van der Waals surface area contributed by atoms with E-state index in [4.69, 9.17) is 9.47 Å². The van der Waals surface area contributed by atoms with Crippen LogP contribution in [0.25, 0.3) is 0 Å². The van der Waals surface area contributed by atoms with E-state index in [9.17, 15) is 8.42 Å². The van der Waals surface area contributed by atoms with Crippen molar-refractivity contribution in [2.75, 3.05) is 33.3 Å². The third-order valence-electron chi connectivity index (χ3n) is 3.90. The maximum Gasteiger partial charge on any atom is 0.242 e. The number of methoxy groups -OCH3 is 1. The smallest absolute Gasteiger partial charge is 0.242 e. The zero-order valence-electron chi connectivity index (χ0n) is 17.9. The molecule has 0 aliphatic rings. The minimum atomic E-state index is -3.58. The van der Waals surface area contributed by atoms with E-state index in [1.807, 2.05) is 38.1 Å². The lowest BCUT2D eigenvalue weighted by molar-refractivity contribution is 0.219. The summed E-state index contributed by atoms with van der Waals surface area (Å²) in [7, 11) is -1.98. The third-order valence-corrected chi connectivity index (χ3v) is 5.35. The number of hydrogen-bond acceptors (Lipinski definition) is 6. The van der Waals surface area contributed by atoms with E-state index < -0.39 is 10.0 Å². The summed E-state index contributed by atoms with van der Waals surface area (Å²) in [6.07, 6.45) is 2.66. The number of aliphatic imine (C=N–C) groups is 1. The molecule has 0 radical (unpaired) electrons. The number of aromatic nitrogens is 1. The Hall–Kier alpha value is -2.12. The minimum Gasteiger partial charge on any atom is -0.493 e. The third kappa shape index (κ3) is 9.27. The fourth-order valence-corrected chi connectivity index (χ4v) is 3.48. The van der Waals surface area contributed by atoms with Gasteiger partial charge in [0.15, 0.2) is 17.5 Å². The SMILES string of the molecule is CCNC(=NCC(C)Oc1ccccc1OC)NCCNS(=O)(=O)c1cccnc1.I. The van der Waals surface area contributed by atoms with Gasteiger partial charge in [-0.1, -0.05) is 12.1 Å². The lowest BCUT2D eigenvalue weighted by Gasteiger charge is -2.17. The first kappa shape index (κ1) is 26.9. The number of halogens is 1. The standard InChI is InChI=1S/C20H29N5O4S.HI/c1-4-22-20(23-12-13-25-30(26,27)17-8-7-11-21-15-17)24-14-16(2)29-19-10-6-5-9-18(19)28-3;/h5-11,15-16,25H,4,12-14H2,1-3H3,(H2,22,23,24);1H. The van der Waals surface area contributed by atoms with E-state index in [-0.39, 0.29) is 41.5 Å². The van der Waals surface area contributed by atoms with E-state index in [0.717, 1.165) is 0 Å². The molecule has 3 N–H and O–H groups in total. The van der Waals surface area contributed by atoms with Crippen LogP contribution in [-0.2, 0) is 10.0 Å². The molecule has 1 heterocycles. The summed E-state index contributed by atoms with van der Waals surface area (Å²) >= 11 is 0. The number of para-hydroxylation sites is 2. The van der Waals surface area contributed by atoms with Crippen molar-refractivity contribution in [1.29, 1.82) is 0 Å². The molecule has 0 aliphatic carbocycles. The maximum atomic E-state index is 12.2. The molecule has 11 heteroatoms. The first-order chi connectivity index (χ1) is 14.5. The quantitative estimate of drug-likeness (QED) is 0.166. The van der Waals surface area contributed by atoms with Gasteiger partial charge in [0.05, 0.1) is 13.7 Å². The molecule has 0 saturated carbocycles. The van der Waals surface area contributed by atoms with Crippen molar-refractivity contribution in [3.05, 3.63) is 48.8 Å². The highest BCUT2D eigenvalue weighted by molar-refractivity contribution is 14.0. The molecule has 9 nitrogen and oxygen atoms in total. The Morgan fingerprint density at radius 1 is 1.13 bits per heavy atom. The van der Waals surface area contributed by atoms with Crippen molar-refractivity contribution in [3.63, 3.8) is 0 Å². The van der Waals surface area contributed by atoms with Gasteiger partial charge in [0.25, 0.3) is 0 Å². The second-order valence-corrected chi connectivity index (χ2v) is 8.08. The second kappa shape index (κ2) is 14.0. The minimum absolute atomic E-state index is 0. The van der Waals surface area contributed by atoms with Crippen molar-refractivity contribution in [2.45, 2.75) is 24.8 Å². The summed E-state index contributed by atoms with van der Waals surface area (Å²) in [6.45, 7) is 5.53. The van der Waals surface area contributed by atoms with Crippen LogP contribution in [0.3, 0.4) is 0 Å². The van der Waals surface area contributed by atoms with E-state index in [0.29, 0.717) is 37.1 Å². The molecule has 0 bridgehead atoms. The summed E-state index contributed by atoms with van der Waals surface area (Å²) in [5, 5.41) is 6.23. The molecule has 1 unspecified atom stereocenters. The molecule has 1 aromatic carbocycles. The van der Waals surface area contributed by atoms with Crippen LogP contribution in [0.4, 0.5) is 0 Å². The molecule has 1 atom stereocenters. The topological polar surface area (TPSA) is 114 Å². The van der Waals surface area contributed by atoms with Crippen molar-refractivity contribution < 1.29 is 17.9 Å². The van der Waals surface area contributed by atoms with E-state index in [2.05, 4.69) is 25.3 Å². The molecule has 0 saturated heterocycles. The Kier molecular flexibility index (Phi) is 12.2. The number of ether oxygens (including phenoxy) is 2. The Labute approximate surface area is 201 Å². The van der Waals surface area contributed by atoms with Gasteiger partial charge in [0, 0.05) is 32.0 Å². The van der Waals surface area contributed by atoms with Gasteiger partial charge in [-0.15, -0.1) is 24.0 Å². The number of nitrogens with one attached hydrogen (secondary N) is 3. The predicted octanol–water partition coefficient (Wildman–Crippen LogP) is 2.01. The van der Waals surface area contributed by atoms with Gasteiger partial charge in [-0.2, -0.15) is 0 Å². The lowest BCUT2D eigenvalue weighted by Crippen LogP contribution is -2.42. The van der Waals surface area contributed by atoms with E-state index in [1.165, 1.54) is 18.5 Å². The number of guanidine groups is 1. The Morgan fingerprint density at radius 2 is 1.87 bits per heavy atom. The van der Waals surface area contributed by atoms with E-state index >= 15 is 0 Å². The van der Waals surface area contributed by atoms with Gasteiger partial charge in [-0.25, -0.2) is 18.1 Å². The van der Waals surface area contributed by atoms with Crippen molar-refractivity contribution in [2.24, 2.45) is 4.99 Å². The van der Waals surface area contributed by atoms with Gasteiger partial charge >= 0.3 is 0 Å². The normalized spacial score (nSPS) is 12.4. The Morgan fingerprint density at radius 3 is 2.52 bits per heavy atom. The fraction of sp³-hybridized carbons (Fsp3) is 0.400. The Balaban J connectivity index is 0.00000480. The van der Waals surface area contributed by atoms with Gasteiger partial charge in [-0.3, -0.25) is 4.98 Å². The summed E-state index contributed by atoms with van der Waals surface area (Å²) in [6, 6.07) is 10.5. The highest BCUT2D eigenvalue weighted by Crippen LogP contribution is 2.26.